The van der Waals surface area contributed by atoms with E-state index in [0.717, 1.165) is 0 Å². The molecule has 1 aliphatic carbocycles. The lowest BCUT2D eigenvalue weighted by molar-refractivity contribution is 0.202. The van der Waals surface area contributed by atoms with Crippen molar-refractivity contribution in [2.75, 3.05) is 5.32 Å². The van der Waals surface area contributed by atoms with Crippen LogP contribution in [0.4, 0.5) is 9.93 Å². The van der Waals surface area contributed by atoms with Gasteiger partial charge in [0.25, 0.3) is 0 Å². The van der Waals surface area contributed by atoms with Crippen molar-refractivity contribution in [2.24, 2.45) is 11.8 Å². The number of hydrogen-bond donors (Lipinski definition) is 2. The molecule has 2 atom stereocenters. The largest absolute Gasteiger partial charge is 0.335 e. The maximum atomic E-state index is 11.8. The summed E-state index contributed by atoms with van der Waals surface area (Å²) >= 11 is 1.32. The van der Waals surface area contributed by atoms with E-state index >= 15 is 0 Å². The van der Waals surface area contributed by atoms with Gasteiger partial charge >= 0.3 is 6.03 Å². The van der Waals surface area contributed by atoms with Crippen LogP contribution < -0.4 is 10.6 Å². The molecule has 2 amide bonds. The Morgan fingerprint density at radius 2 is 2.12 bits per heavy atom. The van der Waals surface area contributed by atoms with Gasteiger partial charge in [-0.1, -0.05) is 31.6 Å². The second-order valence-corrected chi connectivity index (χ2v) is 5.59. The molecule has 1 saturated carbocycles. The number of anilines is 1. The van der Waals surface area contributed by atoms with Crippen LogP contribution in [-0.2, 0) is 0 Å². The minimum Gasteiger partial charge on any atom is -0.335 e. The van der Waals surface area contributed by atoms with Crippen molar-refractivity contribution in [1.82, 2.24) is 15.5 Å². The summed E-state index contributed by atoms with van der Waals surface area (Å²) in [6.45, 7) is 4.40. The molecule has 1 aromatic heterocycles. The van der Waals surface area contributed by atoms with Crippen LogP contribution in [0.5, 0.6) is 0 Å². The fourth-order valence-corrected chi connectivity index (χ4v) is 2.92. The molecule has 0 unspecified atom stereocenters. The van der Waals surface area contributed by atoms with Crippen molar-refractivity contribution >= 4 is 22.5 Å². The molecule has 1 aromatic rings. The molecule has 17 heavy (non-hydrogen) atoms. The third-order valence-electron chi connectivity index (χ3n) is 3.42. The number of carbonyl (C=O) groups is 1. The lowest BCUT2D eigenvalue weighted by Gasteiger charge is -2.34. The molecule has 5 nitrogen and oxygen atoms in total. The number of nitrogens with zero attached hydrogens (tertiary/aromatic N) is 2. The van der Waals surface area contributed by atoms with Crippen LogP contribution in [-0.4, -0.2) is 22.3 Å². The summed E-state index contributed by atoms with van der Waals surface area (Å²) < 4.78 is 0. The van der Waals surface area contributed by atoms with Gasteiger partial charge in [0.05, 0.1) is 0 Å². The van der Waals surface area contributed by atoms with Crippen LogP contribution in [0.25, 0.3) is 0 Å². The first-order valence-electron chi connectivity index (χ1n) is 6.00. The average Bonchev–Trinajstić information content (AvgIpc) is 2.76. The van der Waals surface area contributed by atoms with E-state index < -0.39 is 0 Å². The average molecular weight is 254 g/mol. The first kappa shape index (κ1) is 12.3. The highest BCUT2D eigenvalue weighted by molar-refractivity contribution is 7.13. The SMILES string of the molecule is C[C@@H]1CCC[C@@H](C)C1NC(=O)Nc1nncs1. The molecular weight excluding hydrogens is 236 g/mol. The Hall–Kier alpha value is -1.17. The Labute approximate surface area is 105 Å². The first-order valence-corrected chi connectivity index (χ1v) is 6.88. The van der Waals surface area contributed by atoms with E-state index in [1.54, 1.807) is 5.51 Å². The quantitative estimate of drug-likeness (QED) is 0.852. The van der Waals surface area contributed by atoms with Crippen molar-refractivity contribution in [3.8, 4) is 0 Å². The molecule has 0 radical (unpaired) electrons. The van der Waals surface area contributed by atoms with Crippen LogP contribution in [0.2, 0.25) is 0 Å². The fourth-order valence-electron chi connectivity index (χ4n) is 2.48. The maximum absolute atomic E-state index is 11.8. The highest BCUT2D eigenvalue weighted by Gasteiger charge is 2.28. The van der Waals surface area contributed by atoms with E-state index in [9.17, 15) is 4.79 Å². The lowest BCUT2D eigenvalue weighted by atomic mass is 9.79. The highest BCUT2D eigenvalue weighted by atomic mass is 32.1. The summed E-state index contributed by atoms with van der Waals surface area (Å²) in [6, 6.07) is 0.0871. The van der Waals surface area contributed by atoms with Gasteiger partial charge in [-0.3, -0.25) is 5.32 Å². The highest BCUT2D eigenvalue weighted by Crippen LogP contribution is 2.28. The maximum Gasteiger partial charge on any atom is 0.321 e. The van der Waals surface area contributed by atoms with E-state index in [1.165, 1.54) is 30.6 Å². The van der Waals surface area contributed by atoms with Gasteiger partial charge in [0.1, 0.15) is 5.51 Å². The van der Waals surface area contributed by atoms with Gasteiger partial charge in [-0.15, -0.1) is 10.2 Å². The molecule has 0 saturated heterocycles. The van der Waals surface area contributed by atoms with Gasteiger partial charge < -0.3 is 5.32 Å². The minimum absolute atomic E-state index is 0.174. The normalized spacial score (nSPS) is 25.5. The Balaban J connectivity index is 1.88. The van der Waals surface area contributed by atoms with Gasteiger partial charge in [0, 0.05) is 6.04 Å². The van der Waals surface area contributed by atoms with E-state index in [-0.39, 0.29) is 12.1 Å². The molecule has 0 spiro atoms. The molecule has 0 aliphatic heterocycles. The number of urea groups is 1. The third-order valence-corrected chi connectivity index (χ3v) is 4.03. The fraction of sp³-hybridized carbons (Fsp3) is 0.727. The Morgan fingerprint density at radius 1 is 1.41 bits per heavy atom. The van der Waals surface area contributed by atoms with Crippen molar-refractivity contribution in [3.63, 3.8) is 0 Å². The van der Waals surface area contributed by atoms with Crippen LogP contribution >= 0.6 is 11.3 Å². The zero-order chi connectivity index (χ0) is 12.3. The Kier molecular flexibility index (Phi) is 3.93. The molecule has 1 fully saturated rings. The number of hydrogen-bond acceptors (Lipinski definition) is 4. The summed E-state index contributed by atoms with van der Waals surface area (Å²) in [7, 11) is 0. The zero-order valence-electron chi connectivity index (χ0n) is 10.1. The van der Waals surface area contributed by atoms with Gasteiger partial charge in [0.15, 0.2) is 0 Å². The van der Waals surface area contributed by atoms with Gasteiger partial charge in [-0.05, 0) is 24.7 Å². The summed E-state index contributed by atoms with van der Waals surface area (Å²) in [5.41, 5.74) is 1.60. The van der Waals surface area contributed by atoms with E-state index in [1.807, 2.05) is 0 Å². The van der Waals surface area contributed by atoms with Crippen LogP contribution in [0.3, 0.4) is 0 Å². The standard InChI is InChI=1S/C11H18N4OS/c1-7-4-3-5-8(2)9(7)13-10(16)14-11-15-12-6-17-11/h6-9H,3-5H2,1-2H3,(H2,13,14,15,16)/t7-,8-/m1/s1. The number of nitrogens with one attached hydrogen (secondary N) is 2. The van der Waals surface area contributed by atoms with Crippen molar-refractivity contribution in [1.29, 1.82) is 0 Å². The van der Waals surface area contributed by atoms with Gasteiger partial charge in [-0.2, -0.15) is 0 Å². The Bertz CT molecular complexity index is 358. The Morgan fingerprint density at radius 3 is 2.71 bits per heavy atom. The first-order chi connectivity index (χ1) is 8.16. The molecular formula is C11H18N4OS. The van der Waals surface area contributed by atoms with Crippen molar-refractivity contribution in [2.45, 2.75) is 39.2 Å². The lowest BCUT2D eigenvalue weighted by Crippen LogP contribution is -2.47. The minimum atomic E-state index is -0.174. The summed E-state index contributed by atoms with van der Waals surface area (Å²) in [4.78, 5) is 11.8. The number of amides is 2. The van der Waals surface area contributed by atoms with Crippen LogP contribution in [0, 0.1) is 11.8 Å². The zero-order valence-corrected chi connectivity index (χ0v) is 11.0. The molecule has 1 aliphatic rings. The second kappa shape index (κ2) is 5.44. The number of rotatable bonds is 2. The number of aromatic nitrogens is 2. The van der Waals surface area contributed by atoms with Crippen molar-refractivity contribution < 1.29 is 4.79 Å². The molecule has 2 N–H and O–H groups in total. The molecule has 94 valence electrons. The summed E-state index contributed by atoms with van der Waals surface area (Å²) in [6.07, 6.45) is 3.64. The van der Waals surface area contributed by atoms with Gasteiger partial charge in [-0.25, -0.2) is 4.79 Å². The summed E-state index contributed by atoms with van der Waals surface area (Å²) in [5.74, 6) is 1.08. The molecule has 0 bridgehead atoms. The predicted octanol–water partition coefficient (Wildman–Crippen LogP) is 2.48. The van der Waals surface area contributed by atoms with E-state index in [4.69, 9.17) is 0 Å². The van der Waals surface area contributed by atoms with Crippen molar-refractivity contribution in [3.05, 3.63) is 5.51 Å². The second-order valence-electron chi connectivity index (χ2n) is 4.75. The van der Waals surface area contributed by atoms with E-state index in [0.29, 0.717) is 17.0 Å². The third kappa shape index (κ3) is 3.15. The molecule has 1 heterocycles. The monoisotopic (exact) mass is 254 g/mol. The molecule has 6 heteroatoms. The molecule has 2 rings (SSSR count). The summed E-state index contributed by atoms with van der Waals surface area (Å²) in [5, 5.41) is 13.8. The smallest absolute Gasteiger partial charge is 0.321 e. The molecule has 0 aromatic carbocycles. The van der Waals surface area contributed by atoms with Gasteiger partial charge in [0.2, 0.25) is 5.13 Å². The predicted molar refractivity (Wildman–Crippen MR) is 68.0 cm³/mol. The van der Waals surface area contributed by atoms with Crippen LogP contribution in [0.1, 0.15) is 33.1 Å². The van der Waals surface area contributed by atoms with E-state index in [2.05, 4.69) is 34.7 Å². The topological polar surface area (TPSA) is 66.9 Å². The van der Waals surface area contributed by atoms with Crippen LogP contribution in [0.15, 0.2) is 5.51 Å². The number of carbonyl (C=O) groups excluding carboxylic acids is 1.